The fourth-order valence-electron chi connectivity index (χ4n) is 2.42. The molecule has 1 aromatic rings. The molecule has 1 aliphatic carbocycles. The number of ether oxygens (including phenoxy) is 1. The van der Waals surface area contributed by atoms with E-state index in [2.05, 4.69) is 11.9 Å². The van der Waals surface area contributed by atoms with Crippen molar-refractivity contribution in [2.24, 2.45) is 11.7 Å². The predicted octanol–water partition coefficient (Wildman–Crippen LogP) is 2.81. The fraction of sp³-hybridized carbons (Fsp3) is 0.643. The highest BCUT2D eigenvalue weighted by Gasteiger charge is 2.24. The van der Waals surface area contributed by atoms with E-state index >= 15 is 0 Å². The van der Waals surface area contributed by atoms with Gasteiger partial charge < -0.3 is 10.5 Å². The largest absolute Gasteiger partial charge is 0.474 e. The molecule has 2 N–H and O–H groups in total. The number of hydrogen-bond acceptors (Lipinski definition) is 3. The molecule has 2 unspecified atom stereocenters. The van der Waals surface area contributed by atoms with Crippen LogP contribution in [0, 0.1) is 12.8 Å². The van der Waals surface area contributed by atoms with Crippen LogP contribution in [0.25, 0.3) is 0 Å². The number of pyridine rings is 1. The van der Waals surface area contributed by atoms with E-state index in [-0.39, 0.29) is 0 Å². The summed E-state index contributed by atoms with van der Waals surface area (Å²) in [4.78, 5) is 4.47. The van der Waals surface area contributed by atoms with Crippen LogP contribution in [-0.2, 0) is 6.54 Å². The maximum Gasteiger partial charge on any atom is 0.218 e. The van der Waals surface area contributed by atoms with Gasteiger partial charge >= 0.3 is 0 Å². The van der Waals surface area contributed by atoms with Gasteiger partial charge in [-0.3, -0.25) is 0 Å². The molecule has 0 radical (unpaired) electrons. The quantitative estimate of drug-likeness (QED) is 0.874. The van der Waals surface area contributed by atoms with Crippen molar-refractivity contribution in [1.82, 2.24) is 4.98 Å². The van der Waals surface area contributed by atoms with Gasteiger partial charge in [0.05, 0.1) is 0 Å². The lowest BCUT2D eigenvalue weighted by Crippen LogP contribution is -2.29. The van der Waals surface area contributed by atoms with Gasteiger partial charge in [0.15, 0.2) is 0 Å². The Hall–Kier alpha value is -1.09. The lowest BCUT2D eigenvalue weighted by Gasteiger charge is -2.29. The number of rotatable bonds is 3. The van der Waals surface area contributed by atoms with Crippen LogP contribution in [0.4, 0.5) is 0 Å². The van der Waals surface area contributed by atoms with E-state index in [0.29, 0.717) is 18.6 Å². The third-order valence-electron chi connectivity index (χ3n) is 3.59. The van der Waals surface area contributed by atoms with Crippen molar-refractivity contribution in [3.05, 3.63) is 23.4 Å². The summed E-state index contributed by atoms with van der Waals surface area (Å²) in [5.74, 6) is 1.36. The number of aromatic nitrogens is 1. The van der Waals surface area contributed by atoms with Gasteiger partial charge in [-0.25, -0.2) is 4.98 Å². The third kappa shape index (κ3) is 2.97. The molecule has 0 saturated heterocycles. The van der Waals surface area contributed by atoms with E-state index in [0.717, 1.165) is 23.6 Å². The van der Waals surface area contributed by atoms with Crippen LogP contribution in [0.5, 0.6) is 5.88 Å². The van der Waals surface area contributed by atoms with Crippen molar-refractivity contribution in [1.29, 1.82) is 0 Å². The Morgan fingerprint density at radius 3 is 2.82 bits per heavy atom. The molecule has 1 heterocycles. The summed E-state index contributed by atoms with van der Waals surface area (Å²) in [6, 6.07) is 4.00. The van der Waals surface area contributed by atoms with E-state index in [9.17, 15) is 0 Å². The zero-order chi connectivity index (χ0) is 12.3. The van der Waals surface area contributed by atoms with Crippen LogP contribution >= 0.6 is 0 Å². The first-order valence-electron chi connectivity index (χ1n) is 6.54. The van der Waals surface area contributed by atoms with Crippen molar-refractivity contribution in [3.63, 3.8) is 0 Å². The molecule has 0 aliphatic heterocycles. The average molecular weight is 234 g/mol. The van der Waals surface area contributed by atoms with Crippen LogP contribution in [-0.4, -0.2) is 11.1 Å². The standard InChI is InChI=1S/C14H22N2O/c1-10-5-3-4-6-13(10)17-14-12(9-15)8-7-11(2)16-14/h7-8,10,13H,3-6,9,15H2,1-2H3. The SMILES string of the molecule is Cc1ccc(CN)c(OC2CCCCC2C)n1. The Bertz CT molecular complexity index is 378. The first-order chi connectivity index (χ1) is 8.20. The third-order valence-corrected chi connectivity index (χ3v) is 3.59. The molecule has 3 heteroatoms. The molecule has 17 heavy (non-hydrogen) atoms. The van der Waals surface area contributed by atoms with Crippen LogP contribution in [0.3, 0.4) is 0 Å². The second-order valence-electron chi connectivity index (χ2n) is 5.04. The van der Waals surface area contributed by atoms with Gasteiger partial charge in [0.25, 0.3) is 0 Å². The summed E-state index contributed by atoms with van der Waals surface area (Å²) in [5.41, 5.74) is 7.71. The van der Waals surface area contributed by atoms with Gasteiger partial charge in [-0.15, -0.1) is 0 Å². The summed E-state index contributed by atoms with van der Waals surface area (Å²) in [6.07, 6.45) is 5.29. The molecular formula is C14H22N2O. The molecule has 2 atom stereocenters. The monoisotopic (exact) mass is 234 g/mol. The lowest BCUT2D eigenvalue weighted by atomic mass is 9.88. The van der Waals surface area contributed by atoms with Crippen molar-refractivity contribution in [2.45, 2.75) is 52.2 Å². The van der Waals surface area contributed by atoms with Crippen LogP contribution in [0.1, 0.15) is 43.9 Å². The van der Waals surface area contributed by atoms with Gasteiger partial charge in [0.2, 0.25) is 5.88 Å². The molecule has 1 saturated carbocycles. The van der Waals surface area contributed by atoms with Gasteiger partial charge in [0, 0.05) is 17.8 Å². The van der Waals surface area contributed by atoms with Crippen molar-refractivity contribution in [3.8, 4) is 5.88 Å². The highest BCUT2D eigenvalue weighted by atomic mass is 16.5. The van der Waals surface area contributed by atoms with E-state index in [1.165, 1.54) is 19.3 Å². The molecule has 1 fully saturated rings. The van der Waals surface area contributed by atoms with Crippen molar-refractivity contribution in [2.75, 3.05) is 0 Å². The van der Waals surface area contributed by atoms with Crippen LogP contribution in [0.15, 0.2) is 12.1 Å². The molecule has 3 nitrogen and oxygen atoms in total. The average Bonchev–Trinajstić information content (AvgIpc) is 2.32. The van der Waals surface area contributed by atoms with E-state index < -0.39 is 0 Å². The fourth-order valence-corrected chi connectivity index (χ4v) is 2.42. The Morgan fingerprint density at radius 1 is 1.35 bits per heavy atom. The minimum Gasteiger partial charge on any atom is -0.474 e. The Labute approximate surface area is 103 Å². The minimum absolute atomic E-state index is 0.309. The van der Waals surface area contributed by atoms with E-state index in [4.69, 9.17) is 10.5 Å². The summed E-state index contributed by atoms with van der Waals surface area (Å²) >= 11 is 0. The minimum atomic E-state index is 0.309. The number of aryl methyl sites for hydroxylation is 1. The normalized spacial score (nSPS) is 24.6. The Kier molecular flexibility index (Phi) is 4.00. The Morgan fingerprint density at radius 2 is 2.12 bits per heavy atom. The first-order valence-corrected chi connectivity index (χ1v) is 6.54. The summed E-state index contributed by atoms with van der Waals surface area (Å²) < 4.78 is 6.08. The molecule has 2 rings (SSSR count). The molecule has 94 valence electrons. The topological polar surface area (TPSA) is 48.1 Å². The lowest BCUT2D eigenvalue weighted by molar-refractivity contribution is 0.0963. The molecule has 0 bridgehead atoms. The predicted molar refractivity (Wildman–Crippen MR) is 68.9 cm³/mol. The molecular weight excluding hydrogens is 212 g/mol. The van der Waals surface area contributed by atoms with E-state index in [1.807, 2.05) is 19.1 Å². The van der Waals surface area contributed by atoms with E-state index in [1.54, 1.807) is 0 Å². The number of nitrogens with zero attached hydrogens (tertiary/aromatic N) is 1. The van der Waals surface area contributed by atoms with Gasteiger partial charge in [-0.2, -0.15) is 0 Å². The summed E-state index contributed by atoms with van der Waals surface area (Å²) in [6.45, 7) is 4.74. The van der Waals surface area contributed by atoms with Gasteiger partial charge in [-0.1, -0.05) is 19.4 Å². The Balaban J connectivity index is 2.13. The molecule has 0 amide bonds. The maximum absolute atomic E-state index is 6.08. The first kappa shape index (κ1) is 12.4. The second-order valence-corrected chi connectivity index (χ2v) is 5.04. The van der Waals surface area contributed by atoms with Crippen molar-refractivity contribution >= 4 is 0 Å². The molecule has 1 aromatic heterocycles. The highest BCUT2D eigenvalue weighted by molar-refractivity contribution is 5.28. The van der Waals surface area contributed by atoms with Gasteiger partial charge in [-0.05, 0) is 38.2 Å². The van der Waals surface area contributed by atoms with Crippen LogP contribution in [0.2, 0.25) is 0 Å². The van der Waals surface area contributed by atoms with Crippen LogP contribution < -0.4 is 10.5 Å². The second kappa shape index (κ2) is 5.50. The van der Waals surface area contributed by atoms with Gasteiger partial charge in [0.1, 0.15) is 6.10 Å². The summed E-state index contributed by atoms with van der Waals surface area (Å²) in [5, 5.41) is 0. The van der Waals surface area contributed by atoms with Crippen molar-refractivity contribution < 1.29 is 4.74 Å². The number of hydrogen-bond donors (Lipinski definition) is 1. The summed E-state index contributed by atoms with van der Waals surface area (Å²) in [7, 11) is 0. The zero-order valence-corrected chi connectivity index (χ0v) is 10.8. The zero-order valence-electron chi connectivity index (χ0n) is 10.8. The molecule has 1 aliphatic rings. The highest BCUT2D eigenvalue weighted by Crippen LogP contribution is 2.28. The molecule has 0 aromatic carbocycles. The number of nitrogens with two attached hydrogens (primary N) is 1. The maximum atomic E-state index is 6.08. The smallest absolute Gasteiger partial charge is 0.218 e. The molecule has 0 spiro atoms.